The van der Waals surface area contributed by atoms with Crippen molar-refractivity contribution < 1.29 is 19.1 Å². The minimum atomic E-state index is -0.235. The van der Waals surface area contributed by atoms with Crippen molar-refractivity contribution in [1.82, 2.24) is 14.7 Å². The van der Waals surface area contributed by atoms with Gasteiger partial charge >= 0.3 is 5.97 Å². The molecule has 0 N–H and O–H groups in total. The molecule has 0 saturated carbocycles. The highest BCUT2D eigenvalue weighted by Crippen LogP contribution is 2.38. The number of aryl methyl sites for hydroxylation is 1. The first-order chi connectivity index (χ1) is 13.6. The summed E-state index contributed by atoms with van der Waals surface area (Å²) in [5.41, 5.74) is 4.02. The lowest BCUT2D eigenvalue weighted by atomic mass is 9.98. The van der Waals surface area contributed by atoms with Gasteiger partial charge in [0, 0.05) is 24.2 Å². The number of rotatable bonds is 4. The van der Waals surface area contributed by atoms with Crippen LogP contribution in [0.3, 0.4) is 0 Å². The van der Waals surface area contributed by atoms with Crippen LogP contribution in [0.4, 0.5) is 0 Å². The molecule has 0 spiro atoms. The highest BCUT2D eigenvalue weighted by molar-refractivity contribution is 5.80. The molecule has 1 fully saturated rings. The van der Waals surface area contributed by atoms with Crippen LogP contribution in [0.5, 0.6) is 5.75 Å². The number of piperidine rings is 1. The van der Waals surface area contributed by atoms with E-state index in [1.807, 2.05) is 19.1 Å². The summed E-state index contributed by atoms with van der Waals surface area (Å²) in [5.74, 6) is 0.340. The number of hydrogen-bond donors (Lipinski definition) is 0. The van der Waals surface area contributed by atoms with E-state index >= 15 is 0 Å². The number of amides is 1. The van der Waals surface area contributed by atoms with Crippen LogP contribution in [0.15, 0.2) is 24.4 Å². The molecule has 0 bridgehead atoms. The number of fused-ring (bicyclic) bond motifs is 3. The second kappa shape index (κ2) is 7.66. The molecule has 0 radical (unpaired) electrons. The van der Waals surface area contributed by atoms with Gasteiger partial charge in [-0.3, -0.25) is 14.3 Å². The zero-order valence-corrected chi connectivity index (χ0v) is 16.3. The molecule has 148 valence electrons. The Labute approximate surface area is 164 Å². The van der Waals surface area contributed by atoms with E-state index in [1.54, 1.807) is 22.7 Å². The van der Waals surface area contributed by atoms with Crippen molar-refractivity contribution in [2.24, 2.45) is 5.92 Å². The third-order valence-corrected chi connectivity index (χ3v) is 5.37. The first-order valence-corrected chi connectivity index (χ1v) is 9.79. The van der Waals surface area contributed by atoms with E-state index in [9.17, 15) is 9.59 Å². The number of ether oxygens (including phenoxy) is 2. The van der Waals surface area contributed by atoms with E-state index in [0.717, 1.165) is 41.0 Å². The maximum absolute atomic E-state index is 12.9. The average molecular weight is 383 g/mol. The summed E-state index contributed by atoms with van der Waals surface area (Å²) < 4.78 is 12.7. The van der Waals surface area contributed by atoms with Crippen LogP contribution in [0, 0.1) is 12.8 Å². The Hall–Kier alpha value is -2.83. The molecule has 7 heteroatoms. The van der Waals surface area contributed by atoms with Crippen LogP contribution in [-0.2, 0) is 27.5 Å². The zero-order chi connectivity index (χ0) is 19.7. The van der Waals surface area contributed by atoms with Gasteiger partial charge in [-0.2, -0.15) is 5.10 Å². The van der Waals surface area contributed by atoms with E-state index in [2.05, 4.69) is 11.2 Å². The van der Waals surface area contributed by atoms with Crippen LogP contribution < -0.4 is 4.74 Å². The lowest BCUT2D eigenvalue weighted by Gasteiger charge is -2.31. The molecule has 1 aromatic carbocycles. The third-order valence-electron chi connectivity index (χ3n) is 5.37. The number of aromatic nitrogens is 2. The van der Waals surface area contributed by atoms with E-state index in [4.69, 9.17) is 9.47 Å². The van der Waals surface area contributed by atoms with Crippen LogP contribution in [0.2, 0.25) is 0 Å². The molecule has 1 atom stereocenters. The predicted octanol–water partition coefficient (Wildman–Crippen LogP) is 2.55. The summed E-state index contributed by atoms with van der Waals surface area (Å²) in [7, 11) is 0. The fourth-order valence-electron chi connectivity index (χ4n) is 3.96. The summed E-state index contributed by atoms with van der Waals surface area (Å²) in [6.45, 7) is 5.88. The second-order valence-electron chi connectivity index (χ2n) is 7.40. The molecule has 1 amide bonds. The number of benzene rings is 1. The number of likely N-dealkylation sites (tertiary alicyclic amines) is 1. The maximum atomic E-state index is 12.9. The highest BCUT2D eigenvalue weighted by atomic mass is 16.5. The lowest BCUT2D eigenvalue weighted by Crippen LogP contribution is -2.44. The standard InChI is InChI=1S/C21H25N3O4/c1-3-27-21(26)15-5-4-8-23(11-15)19(25)12-24-20-16(10-22-24)13-28-18-7-6-14(2)9-17(18)20/h6-7,9-10,15H,3-5,8,11-13H2,1-2H3/t15-/m1/s1. The van der Waals surface area contributed by atoms with Crippen LogP contribution in [0.1, 0.15) is 30.9 Å². The van der Waals surface area contributed by atoms with E-state index in [0.29, 0.717) is 26.3 Å². The van der Waals surface area contributed by atoms with Crippen molar-refractivity contribution in [3.8, 4) is 17.0 Å². The number of carbonyl (C=O) groups is 2. The van der Waals surface area contributed by atoms with Gasteiger partial charge in [-0.1, -0.05) is 11.6 Å². The minimum Gasteiger partial charge on any atom is -0.488 e. The van der Waals surface area contributed by atoms with Crippen molar-refractivity contribution in [3.63, 3.8) is 0 Å². The number of nitrogens with zero attached hydrogens (tertiary/aromatic N) is 3. The Morgan fingerprint density at radius 1 is 1.36 bits per heavy atom. The normalized spacial score (nSPS) is 18.1. The number of hydrogen-bond acceptors (Lipinski definition) is 5. The predicted molar refractivity (Wildman–Crippen MR) is 103 cm³/mol. The second-order valence-corrected chi connectivity index (χ2v) is 7.40. The summed E-state index contributed by atoms with van der Waals surface area (Å²) in [5, 5.41) is 4.44. The molecule has 0 unspecified atom stereocenters. The molecule has 4 rings (SSSR count). The number of esters is 1. The molecule has 2 aromatic rings. The fourth-order valence-corrected chi connectivity index (χ4v) is 3.96. The molecular formula is C21H25N3O4. The fraction of sp³-hybridized carbons (Fsp3) is 0.476. The molecule has 28 heavy (non-hydrogen) atoms. The Morgan fingerprint density at radius 3 is 3.04 bits per heavy atom. The van der Waals surface area contributed by atoms with Gasteiger partial charge in [-0.05, 0) is 38.8 Å². The molecule has 7 nitrogen and oxygen atoms in total. The first-order valence-electron chi connectivity index (χ1n) is 9.79. The first kappa shape index (κ1) is 18.5. The average Bonchev–Trinajstić information content (AvgIpc) is 3.11. The zero-order valence-electron chi connectivity index (χ0n) is 16.3. The van der Waals surface area contributed by atoms with Gasteiger partial charge in [-0.15, -0.1) is 0 Å². The van der Waals surface area contributed by atoms with E-state index in [-0.39, 0.29) is 24.3 Å². The monoisotopic (exact) mass is 383 g/mol. The van der Waals surface area contributed by atoms with E-state index < -0.39 is 0 Å². The lowest BCUT2D eigenvalue weighted by molar-refractivity contribution is -0.151. The largest absolute Gasteiger partial charge is 0.488 e. The SMILES string of the molecule is CCOC(=O)[C@@H]1CCCN(C(=O)Cn2ncc3c2-c2cc(C)ccc2OC3)C1. The quantitative estimate of drug-likeness (QED) is 0.759. The van der Waals surface area contributed by atoms with Crippen LogP contribution >= 0.6 is 0 Å². The van der Waals surface area contributed by atoms with E-state index in [1.165, 1.54) is 0 Å². The smallest absolute Gasteiger partial charge is 0.310 e. The Kier molecular flexibility index (Phi) is 5.07. The molecule has 3 heterocycles. The van der Waals surface area contributed by atoms with Gasteiger partial charge in [-0.25, -0.2) is 0 Å². The van der Waals surface area contributed by atoms with Crippen molar-refractivity contribution in [1.29, 1.82) is 0 Å². The summed E-state index contributed by atoms with van der Waals surface area (Å²) in [4.78, 5) is 26.7. The van der Waals surface area contributed by atoms with Gasteiger partial charge in [0.05, 0.1) is 24.4 Å². The van der Waals surface area contributed by atoms with Gasteiger partial charge in [0.2, 0.25) is 5.91 Å². The summed E-state index contributed by atoms with van der Waals surface area (Å²) >= 11 is 0. The molecule has 1 aromatic heterocycles. The number of carbonyl (C=O) groups excluding carboxylic acids is 2. The van der Waals surface area contributed by atoms with Crippen molar-refractivity contribution >= 4 is 11.9 Å². The Morgan fingerprint density at radius 2 is 2.21 bits per heavy atom. The van der Waals surface area contributed by atoms with Crippen molar-refractivity contribution in [2.75, 3.05) is 19.7 Å². The topological polar surface area (TPSA) is 73.7 Å². The Balaban J connectivity index is 1.52. The van der Waals surface area contributed by atoms with Crippen molar-refractivity contribution in [3.05, 3.63) is 35.5 Å². The van der Waals surface area contributed by atoms with Gasteiger partial charge in [0.15, 0.2) is 0 Å². The molecular weight excluding hydrogens is 358 g/mol. The molecule has 0 aliphatic carbocycles. The molecule has 1 saturated heterocycles. The Bertz CT molecular complexity index is 905. The summed E-state index contributed by atoms with van der Waals surface area (Å²) in [6.07, 6.45) is 3.34. The maximum Gasteiger partial charge on any atom is 0.310 e. The van der Waals surface area contributed by atoms with Crippen LogP contribution in [-0.4, -0.2) is 46.3 Å². The summed E-state index contributed by atoms with van der Waals surface area (Å²) in [6, 6.07) is 6.04. The molecule has 2 aliphatic rings. The highest BCUT2D eigenvalue weighted by Gasteiger charge is 2.30. The van der Waals surface area contributed by atoms with Crippen molar-refractivity contribution in [2.45, 2.75) is 39.8 Å². The van der Waals surface area contributed by atoms with Gasteiger partial charge < -0.3 is 14.4 Å². The molecule has 2 aliphatic heterocycles. The van der Waals surface area contributed by atoms with Gasteiger partial charge in [0.1, 0.15) is 18.9 Å². The van der Waals surface area contributed by atoms with Crippen LogP contribution in [0.25, 0.3) is 11.3 Å². The van der Waals surface area contributed by atoms with Gasteiger partial charge in [0.25, 0.3) is 0 Å². The third kappa shape index (κ3) is 3.48. The minimum absolute atomic E-state index is 0.0272.